The minimum Gasteiger partial charge on any atom is -0.366 e. The van der Waals surface area contributed by atoms with Crippen molar-refractivity contribution in [2.75, 3.05) is 18.7 Å². The van der Waals surface area contributed by atoms with Crippen LogP contribution in [-0.4, -0.2) is 19.2 Å². The highest BCUT2D eigenvalue weighted by Gasteiger charge is 2.05. The third-order valence-electron chi connectivity index (χ3n) is 1.76. The highest BCUT2D eigenvalue weighted by Crippen LogP contribution is 2.13. The van der Waals surface area contributed by atoms with E-state index in [0.29, 0.717) is 24.6 Å². The van der Waals surface area contributed by atoms with Gasteiger partial charge in [-0.05, 0) is 19.1 Å². The standard InChI is InChI=1S/C10H14N2O2/c1-2-14-7-12-9-6-4-3-5-8(9)10(11)13/h3-6,12H,2,7H2,1H3,(H2,11,13). The summed E-state index contributed by atoms with van der Waals surface area (Å²) in [5, 5.41) is 2.97. The van der Waals surface area contributed by atoms with Gasteiger partial charge < -0.3 is 15.8 Å². The van der Waals surface area contributed by atoms with E-state index in [0.717, 1.165) is 0 Å². The molecule has 0 saturated heterocycles. The van der Waals surface area contributed by atoms with Gasteiger partial charge in [0.15, 0.2) is 0 Å². The normalized spacial score (nSPS) is 9.79. The summed E-state index contributed by atoms with van der Waals surface area (Å²) in [7, 11) is 0. The number of para-hydroxylation sites is 1. The molecular weight excluding hydrogens is 180 g/mol. The van der Waals surface area contributed by atoms with Crippen molar-refractivity contribution >= 4 is 11.6 Å². The number of ether oxygens (including phenoxy) is 1. The van der Waals surface area contributed by atoms with Crippen LogP contribution in [0.15, 0.2) is 24.3 Å². The first-order chi connectivity index (χ1) is 6.75. The molecule has 4 nitrogen and oxygen atoms in total. The van der Waals surface area contributed by atoms with Gasteiger partial charge in [0, 0.05) is 12.3 Å². The number of primary amides is 1. The molecule has 0 fully saturated rings. The smallest absolute Gasteiger partial charge is 0.250 e. The third-order valence-corrected chi connectivity index (χ3v) is 1.76. The minimum atomic E-state index is -0.440. The second-order valence-corrected chi connectivity index (χ2v) is 2.72. The molecule has 4 heteroatoms. The molecule has 3 N–H and O–H groups in total. The molecule has 0 spiro atoms. The van der Waals surface area contributed by atoms with Crippen LogP contribution in [0.2, 0.25) is 0 Å². The molecule has 0 unspecified atom stereocenters. The first-order valence-corrected chi connectivity index (χ1v) is 4.46. The highest BCUT2D eigenvalue weighted by molar-refractivity contribution is 5.98. The lowest BCUT2D eigenvalue weighted by molar-refractivity contribution is 0.100. The van der Waals surface area contributed by atoms with Crippen molar-refractivity contribution in [3.8, 4) is 0 Å². The van der Waals surface area contributed by atoms with Crippen molar-refractivity contribution in [3.63, 3.8) is 0 Å². The van der Waals surface area contributed by atoms with Crippen LogP contribution in [-0.2, 0) is 4.74 Å². The average Bonchev–Trinajstić information content (AvgIpc) is 2.19. The minimum absolute atomic E-state index is 0.376. The van der Waals surface area contributed by atoms with Gasteiger partial charge in [-0.25, -0.2) is 0 Å². The second kappa shape index (κ2) is 5.24. The lowest BCUT2D eigenvalue weighted by Crippen LogP contribution is -2.15. The van der Waals surface area contributed by atoms with E-state index in [1.807, 2.05) is 13.0 Å². The van der Waals surface area contributed by atoms with Crippen molar-refractivity contribution < 1.29 is 9.53 Å². The molecule has 0 saturated carbocycles. The molecule has 1 rings (SSSR count). The van der Waals surface area contributed by atoms with Crippen molar-refractivity contribution in [2.45, 2.75) is 6.92 Å². The zero-order valence-corrected chi connectivity index (χ0v) is 8.12. The molecule has 0 aromatic heterocycles. The summed E-state index contributed by atoms with van der Waals surface area (Å²) in [4.78, 5) is 11.0. The van der Waals surface area contributed by atoms with Crippen molar-refractivity contribution in [3.05, 3.63) is 29.8 Å². The van der Waals surface area contributed by atoms with Gasteiger partial charge in [0.1, 0.15) is 6.73 Å². The molecule has 0 aliphatic rings. The molecule has 0 radical (unpaired) electrons. The topological polar surface area (TPSA) is 64.3 Å². The van der Waals surface area contributed by atoms with Gasteiger partial charge in [0.25, 0.3) is 5.91 Å². The summed E-state index contributed by atoms with van der Waals surface area (Å²) in [5.74, 6) is -0.440. The summed E-state index contributed by atoms with van der Waals surface area (Å²) >= 11 is 0. The lowest BCUT2D eigenvalue weighted by Gasteiger charge is -2.09. The maximum absolute atomic E-state index is 11.0. The summed E-state index contributed by atoms with van der Waals surface area (Å²) in [6.45, 7) is 2.91. The number of nitrogens with two attached hydrogens (primary N) is 1. The maximum Gasteiger partial charge on any atom is 0.250 e. The second-order valence-electron chi connectivity index (χ2n) is 2.72. The molecule has 76 valence electrons. The predicted molar refractivity (Wildman–Crippen MR) is 55.1 cm³/mol. The third kappa shape index (κ3) is 2.74. The van der Waals surface area contributed by atoms with Crippen LogP contribution in [0.3, 0.4) is 0 Å². The predicted octanol–water partition coefficient (Wildman–Crippen LogP) is 1.19. The summed E-state index contributed by atoms with van der Waals surface area (Å²) < 4.78 is 5.11. The van der Waals surface area contributed by atoms with Crippen molar-refractivity contribution in [1.82, 2.24) is 0 Å². The zero-order chi connectivity index (χ0) is 10.4. The van der Waals surface area contributed by atoms with Gasteiger partial charge in [0.05, 0.1) is 5.56 Å². The average molecular weight is 194 g/mol. The Bertz CT molecular complexity index is 313. The summed E-state index contributed by atoms with van der Waals surface area (Å²) in [5.41, 5.74) is 6.38. The fourth-order valence-corrected chi connectivity index (χ4v) is 1.08. The number of amides is 1. The van der Waals surface area contributed by atoms with Crippen LogP contribution in [0.5, 0.6) is 0 Å². The first kappa shape index (κ1) is 10.5. The fraction of sp³-hybridized carbons (Fsp3) is 0.300. The highest BCUT2D eigenvalue weighted by atomic mass is 16.5. The van der Waals surface area contributed by atoms with Gasteiger partial charge in [-0.2, -0.15) is 0 Å². The van der Waals surface area contributed by atoms with E-state index in [4.69, 9.17) is 10.5 Å². The Kier molecular flexibility index (Phi) is 3.94. The van der Waals surface area contributed by atoms with Gasteiger partial charge in [-0.15, -0.1) is 0 Å². The van der Waals surface area contributed by atoms with Crippen LogP contribution < -0.4 is 11.1 Å². The number of hydrogen-bond acceptors (Lipinski definition) is 3. The number of carbonyl (C=O) groups excluding carboxylic acids is 1. The van der Waals surface area contributed by atoms with Crippen LogP contribution >= 0.6 is 0 Å². The maximum atomic E-state index is 11.0. The Balaban J connectivity index is 2.69. The molecule has 0 aliphatic heterocycles. The van der Waals surface area contributed by atoms with Gasteiger partial charge in [0.2, 0.25) is 0 Å². The van der Waals surface area contributed by atoms with E-state index >= 15 is 0 Å². The monoisotopic (exact) mass is 194 g/mol. The Morgan fingerprint density at radius 2 is 2.21 bits per heavy atom. The number of carbonyl (C=O) groups is 1. The lowest BCUT2D eigenvalue weighted by atomic mass is 10.2. The van der Waals surface area contributed by atoms with Gasteiger partial charge in [-0.3, -0.25) is 4.79 Å². The summed E-state index contributed by atoms with van der Waals surface area (Å²) in [6, 6.07) is 7.07. The van der Waals surface area contributed by atoms with E-state index in [-0.39, 0.29) is 0 Å². The fourth-order valence-electron chi connectivity index (χ4n) is 1.08. The molecule has 14 heavy (non-hydrogen) atoms. The first-order valence-electron chi connectivity index (χ1n) is 4.46. The molecule has 0 atom stereocenters. The van der Waals surface area contributed by atoms with E-state index in [1.165, 1.54) is 0 Å². The van der Waals surface area contributed by atoms with E-state index in [9.17, 15) is 4.79 Å². The summed E-state index contributed by atoms with van der Waals surface area (Å²) in [6.07, 6.45) is 0. The molecule has 0 aliphatic carbocycles. The molecule has 0 heterocycles. The van der Waals surface area contributed by atoms with Crippen LogP contribution in [0.25, 0.3) is 0 Å². The molecule has 1 amide bonds. The molecular formula is C10H14N2O2. The Morgan fingerprint density at radius 1 is 1.50 bits per heavy atom. The SMILES string of the molecule is CCOCNc1ccccc1C(N)=O. The quantitative estimate of drug-likeness (QED) is 0.546. The van der Waals surface area contributed by atoms with Crippen molar-refractivity contribution in [2.24, 2.45) is 5.73 Å². The molecule has 0 bridgehead atoms. The number of rotatable bonds is 5. The number of hydrogen-bond donors (Lipinski definition) is 2. The number of nitrogens with one attached hydrogen (secondary N) is 1. The zero-order valence-electron chi connectivity index (χ0n) is 8.12. The molecule has 1 aromatic rings. The van der Waals surface area contributed by atoms with Gasteiger partial charge >= 0.3 is 0 Å². The van der Waals surface area contributed by atoms with Crippen LogP contribution in [0.1, 0.15) is 17.3 Å². The Morgan fingerprint density at radius 3 is 2.86 bits per heavy atom. The van der Waals surface area contributed by atoms with Crippen molar-refractivity contribution in [1.29, 1.82) is 0 Å². The van der Waals surface area contributed by atoms with E-state index in [2.05, 4.69) is 5.32 Å². The number of benzene rings is 1. The number of anilines is 1. The largest absolute Gasteiger partial charge is 0.366 e. The van der Waals surface area contributed by atoms with Crippen LogP contribution in [0, 0.1) is 0 Å². The molecule has 1 aromatic carbocycles. The van der Waals surface area contributed by atoms with E-state index in [1.54, 1.807) is 18.2 Å². The van der Waals surface area contributed by atoms with Gasteiger partial charge in [-0.1, -0.05) is 12.1 Å². The van der Waals surface area contributed by atoms with E-state index < -0.39 is 5.91 Å². The van der Waals surface area contributed by atoms with Crippen LogP contribution in [0.4, 0.5) is 5.69 Å². The Hall–Kier alpha value is -1.55. The Labute approximate surface area is 83.1 Å².